The highest BCUT2D eigenvalue weighted by Crippen LogP contribution is 2.51. The Labute approximate surface area is 103 Å². The van der Waals surface area contributed by atoms with E-state index in [9.17, 15) is 0 Å². The fourth-order valence-corrected chi connectivity index (χ4v) is 2.39. The molecular weight excluding hydrogens is 214 g/mol. The van der Waals surface area contributed by atoms with E-state index in [0.29, 0.717) is 0 Å². The molecule has 17 heavy (non-hydrogen) atoms. The van der Waals surface area contributed by atoms with Gasteiger partial charge in [0.05, 0.1) is 19.9 Å². The Morgan fingerprint density at radius 2 is 1.82 bits per heavy atom. The number of rotatable bonds is 2. The fraction of sp³-hybridized carbons (Fsp3) is 0.429. The van der Waals surface area contributed by atoms with Crippen LogP contribution in [0.5, 0.6) is 11.5 Å². The molecule has 3 nitrogen and oxygen atoms in total. The largest absolute Gasteiger partial charge is 0.497 e. The second kappa shape index (κ2) is 3.69. The van der Waals surface area contributed by atoms with E-state index in [4.69, 9.17) is 9.47 Å². The van der Waals surface area contributed by atoms with Crippen molar-refractivity contribution in [3.05, 3.63) is 30.0 Å². The lowest BCUT2D eigenvalue weighted by Gasteiger charge is -2.22. The first-order chi connectivity index (χ1) is 7.93. The van der Waals surface area contributed by atoms with E-state index in [2.05, 4.69) is 31.4 Å². The van der Waals surface area contributed by atoms with Crippen molar-refractivity contribution >= 4 is 5.69 Å². The van der Waals surface area contributed by atoms with Gasteiger partial charge in [0.25, 0.3) is 0 Å². The standard InChI is InChI=1S/C14H19NO2/c1-9-14(2,3)11-7-10(16-5)8-12(17-6)13(11)15(9)4/h7-8H,1H2,2-6H3. The molecule has 1 aliphatic rings. The van der Waals surface area contributed by atoms with Gasteiger partial charge < -0.3 is 14.4 Å². The minimum absolute atomic E-state index is 0.0914. The molecular formula is C14H19NO2. The molecule has 0 radical (unpaired) electrons. The van der Waals surface area contributed by atoms with Gasteiger partial charge in [0.1, 0.15) is 11.5 Å². The van der Waals surface area contributed by atoms with Crippen LogP contribution < -0.4 is 14.4 Å². The van der Waals surface area contributed by atoms with E-state index in [0.717, 1.165) is 22.9 Å². The van der Waals surface area contributed by atoms with Gasteiger partial charge in [0, 0.05) is 24.2 Å². The van der Waals surface area contributed by atoms with Crippen LogP contribution in [-0.4, -0.2) is 21.3 Å². The molecule has 0 N–H and O–H groups in total. The molecule has 3 heteroatoms. The van der Waals surface area contributed by atoms with Crippen LogP contribution in [0.2, 0.25) is 0 Å². The number of nitrogens with zero attached hydrogens (tertiary/aromatic N) is 1. The highest BCUT2D eigenvalue weighted by molar-refractivity contribution is 5.77. The molecule has 0 unspecified atom stereocenters. The van der Waals surface area contributed by atoms with Crippen molar-refractivity contribution < 1.29 is 9.47 Å². The number of anilines is 1. The van der Waals surface area contributed by atoms with Crippen molar-refractivity contribution in [1.82, 2.24) is 0 Å². The molecule has 0 fully saturated rings. The molecule has 0 spiro atoms. The summed E-state index contributed by atoms with van der Waals surface area (Å²) in [5, 5.41) is 0. The third-order valence-corrected chi connectivity index (χ3v) is 3.64. The van der Waals surface area contributed by atoms with Crippen LogP contribution in [0.1, 0.15) is 19.4 Å². The molecule has 1 aliphatic heterocycles. The van der Waals surface area contributed by atoms with Crippen LogP contribution in [0, 0.1) is 0 Å². The quantitative estimate of drug-likeness (QED) is 0.784. The zero-order chi connectivity index (χ0) is 12.8. The summed E-state index contributed by atoms with van der Waals surface area (Å²) in [5.41, 5.74) is 3.26. The number of hydrogen-bond acceptors (Lipinski definition) is 3. The van der Waals surface area contributed by atoms with Gasteiger partial charge in [0.15, 0.2) is 0 Å². The lowest BCUT2D eigenvalue weighted by atomic mass is 9.84. The summed E-state index contributed by atoms with van der Waals surface area (Å²) in [5.74, 6) is 1.64. The maximum atomic E-state index is 5.45. The Morgan fingerprint density at radius 3 is 2.35 bits per heavy atom. The number of allylic oxidation sites excluding steroid dienone is 1. The van der Waals surface area contributed by atoms with Crippen molar-refractivity contribution in [3.8, 4) is 11.5 Å². The molecule has 2 rings (SSSR count). The lowest BCUT2D eigenvalue weighted by Crippen LogP contribution is -2.21. The maximum Gasteiger partial charge on any atom is 0.146 e. The molecule has 1 aromatic carbocycles. The molecule has 0 aliphatic carbocycles. The minimum atomic E-state index is -0.0914. The average molecular weight is 233 g/mol. The first-order valence-electron chi connectivity index (χ1n) is 5.63. The number of ether oxygens (including phenoxy) is 2. The van der Waals surface area contributed by atoms with Crippen LogP contribution in [0.4, 0.5) is 5.69 Å². The highest BCUT2D eigenvalue weighted by Gasteiger charge is 2.39. The Bertz CT molecular complexity index is 477. The van der Waals surface area contributed by atoms with Crippen molar-refractivity contribution in [2.45, 2.75) is 19.3 Å². The topological polar surface area (TPSA) is 21.7 Å². The third-order valence-electron chi connectivity index (χ3n) is 3.64. The van der Waals surface area contributed by atoms with Crippen LogP contribution in [0.25, 0.3) is 0 Å². The molecule has 0 aromatic heterocycles. The number of hydrogen-bond donors (Lipinski definition) is 0. The molecule has 0 saturated heterocycles. The first kappa shape index (κ1) is 11.8. The molecule has 1 heterocycles. The van der Waals surface area contributed by atoms with Gasteiger partial charge in [-0.2, -0.15) is 0 Å². The molecule has 0 bridgehead atoms. The Hall–Kier alpha value is -1.64. The Morgan fingerprint density at radius 1 is 1.18 bits per heavy atom. The van der Waals surface area contributed by atoms with E-state index in [-0.39, 0.29) is 5.41 Å². The molecule has 1 aromatic rings. The van der Waals surface area contributed by atoms with E-state index >= 15 is 0 Å². The predicted molar refractivity (Wildman–Crippen MR) is 70.1 cm³/mol. The van der Waals surface area contributed by atoms with Crippen molar-refractivity contribution in [2.75, 3.05) is 26.2 Å². The minimum Gasteiger partial charge on any atom is -0.497 e. The zero-order valence-electron chi connectivity index (χ0n) is 11.1. The van der Waals surface area contributed by atoms with Crippen LogP contribution in [0.15, 0.2) is 24.4 Å². The highest BCUT2D eigenvalue weighted by atomic mass is 16.5. The van der Waals surface area contributed by atoms with E-state index in [1.165, 1.54) is 5.56 Å². The molecule has 0 amide bonds. The van der Waals surface area contributed by atoms with E-state index < -0.39 is 0 Å². The maximum absolute atomic E-state index is 5.45. The molecule has 0 atom stereocenters. The van der Waals surface area contributed by atoms with Crippen LogP contribution in [0.3, 0.4) is 0 Å². The fourth-order valence-electron chi connectivity index (χ4n) is 2.39. The monoisotopic (exact) mass is 233 g/mol. The van der Waals surface area contributed by atoms with Crippen LogP contribution >= 0.6 is 0 Å². The first-order valence-corrected chi connectivity index (χ1v) is 5.63. The zero-order valence-corrected chi connectivity index (χ0v) is 11.1. The summed E-state index contributed by atoms with van der Waals surface area (Å²) < 4.78 is 10.8. The molecule has 0 saturated carbocycles. The third kappa shape index (κ3) is 1.49. The van der Waals surface area contributed by atoms with Gasteiger partial charge in [-0.15, -0.1) is 0 Å². The summed E-state index contributed by atoms with van der Waals surface area (Å²) in [6, 6.07) is 3.97. The van der Waals surface area contributed by atoms with Crippen molar-refractivity contribution in [2.24, 2.45) is 0 Å². The Kier molecular flexibility index (Phi) is 2.57. The normalized spacial score (nSPS) is 17.0. The number of fused-ring (bicyclic) bond motifs is 1. The van der Waals surface area contributed by atoms with Crippen molar-refractivity contribution in [1.29, 1.82) is 0 Å². The summed E-state index contributed by atoms with van der Waals surface area (Å²) in [4.78, 5) is 2.09. The van der Waals surface area contributed by atoms with Gasteiger partial charge in [-0.25, -0.2) is 0 Å². The van der Waals surface area contributed by atoms with Crippen molar-refractivity contribution in [3.63, 3.8) is 0 Å². The van der Waals surface area contributed by atoms with Gasteiger partial charge >= 0.3 is 0 Å². The summed E-state index contributed by atoms with van der Waals surface area (Å²) in [6.07, 6.45) is 0. The number of likely N-dealkylation sites (N-methyl/N-ethyl adjacent to an activating group) is 1. The van der Waals surface area contributed by atoms with E-state index in [1.807, 2.05) is 13.1 Å². The lowest BCUT2D eigenvalue weighted by molar-refractivity contribution is 0.394. The second-order valence-corrected chi connectivity index (χ2v) is 4.86. The summed E-state index contributed by atoms with van der Waals surface area (Å²) in [7, 11) is 5.36. The second-order valence-electron chi connectivity index (χ2n) is 4.86. The predicted octanol–water partition coefficient (Wildman–Crippen LogP) is 2.94. The van der Waals surface area contributed by atoms with Gasteiger partial charge in [-0.3, -0.25) is 0 Å². The van der Waals surface area contributed by atoms with Gasteiger partial charge in [0.2, 0.25) is 0 Å². The van der Waals surface area contributed by atoms with Gasteiger partial charge in [-0.1, -0.05) is 20.4 Å². The smallest absolute Gasteiger partial charge is 0.146 e. The molecule has 92 valence electrons. The Balaban J connectivity index is 2.73. The summed E-state index contributed by atoms with van der Waals surface area (Å²) >= 11 is 0. The van der Waals surface area contributed by atoms with Gasteiger partial charge in [-0.05, 0) is 11.6 Å². The summed E-state index contributed by atoms with van der Waals surface area (Å²) in [6.45, 7) is 8.49. The van der Waals surface area contributed by atoms with E-state index in [1.54, 1.807) is 14.2 Å². The SMILES string of the molecule is C=C1N(C)c2c(OC)cc(OC)cc2C1(C)C. The average Bonchev–Trinajstić information content (AvgIpc) is 2.50. The number of methoxy groups -OCH3 is 2. The van der Waals surface area contributed by atoms with Crippen LogP contribution in [-0.2, 0) is 5.41 Å². The number of benzene rings is 1.